The van der Waals surface area contributed by atoms with Crippen molar-refractivity contribution in [2.45, 2.75) is 184 Å². The summed E-state index contributed by atoms with van der Waals surface area (Å²) in [6.45, 7) is 4.27. The number of carbonyl (C=O) groups is 11. The fraction of sp³-hybridized carbons (Fsp3) is 0.653. The molecular weight excluding hydrogens is 971 g/mol. The number of aliphatic carboxylic acids is 2. The molecule has 0 saturated carbocycles. The molecule has 74 heavy (non-hydrogen) atoms. The average molecular weight is 1050 g/mol. The number of aliphatic hydroxyl groups is 2. The molecule has 412 valence electrons. The van der Waals surface area contributed by atoms with Gasteiger partial charge in [-0.15, -0.1) is 0 Å². The largest absolute Gasteiger partial charge is 0.508 e. The first-order valence-electron chi connectivity index (χ1n) is 25.2. The molecule has 0 aliphatic carbocycles. The summed E-state index contributed by atoms with van der Waals surface area (Å²) in [4.78, 5) is 149. The van der Waals surface area contributed by atoms with Crippen molar-refractivity contribution in [3.8, 4) is 5.75 Å². The van der Waals surface area contributed by atoms with Gasteiger partial charge >= 0.3 is 11.9 Å². The second-order valence-corrected chi connectivity index (χ2v) is 19.2. The standard InChI is InChI=1S/C49H75N9O16/c1-4-27(2)12-9-7-5-6-8-10-13-30-23-39(63)52-34(25-41(66)67)45(70)54-33(22-29-15-17-31(61)18-16-29)44(69)55-35(24-38(50)62)49(74)58-21-11-14-37(58)47(72)53-32(19-20-40(64)65)43(68)56-36(26-59)46(71)57-42(28(3)60)48(73)51-30/h15-18,27-28,30,32-37,42,59-61H,4-14,19-26H2,1-3H3,(H2,50,62)(H,51,73)(H,52,63)(H,53,72)(H,54,70)(H,55,69)(H,56,68)(H,57,71)(H,64,65)(H,66,67). The van der Waals surface area contributed by atoms with E-state index in [1.807, 2.05) is 0 Å². The van der Waals surface area contributed by atoms with Crippen LogP contribution in [0.5, 0.6) is 5.75 Å². The second-order valence-electron chi connectivity index (χ2n) is 19.2. The van der Waals surface area contributed by atoms with E-state index < -0.39 is 158 Å². The molecule has 3 rings (SSSR count). The lowest BCUT2D eigenvalue weighted by molar-refractivity contribution is -0.144. The molecule has 1 aromatic carbocycles. The predicted molar refractivity (Wildman–Crippen MR) is 263 cm³/mol. The Morgan fingerprint density at radius 2 is 1.26 bits per heavy atom. The number of unbranched alkanes of at least 4 members (excludes halogenated alkanes) is 5. The Balaban J connectivity index is 2.11. The molecule has 0 spiro atoms. The van der Waals surface area contributed by atoms with Crippen LogP contribution in [0, 0.1) is 5.92 Å². The zero-order valence-corrected chi connectivity index (χ0v) is 42.3. The van der Waals surface area contributed by atoms with E-state index in [2.05, 4.69) is 51.1 Å². The molecule has 2 fully saturated rings. The van der Waals surface area contributed by atoms with E-state index in [0.717, 1.165) is 50.3 Å². The van der Waals surface area contributed by atoms with Crippen LogP contribution in [0.1, 0.15) is 129 Å². The van der Waals surface area contributed by atoms with Gasteiger partial charge in [0, 0.05) is 31.8 Å². The van der Waals surface area contributed by atoms with Gasteiger partial charge in [-0.3, -0.25) is 52.7 Å². The molecule has 0 aromatic heterocycles. The summed E-state index contributed by atoms with van der Waals surface area (Å²) >= 11 is 0. The molecule has 2 saturated heterocycles. The van der Waals surface area contributed by atoms with Crippen LogP contribution >= 0.6 is 0 Å². The molecular formula is C49H75N9O16. The Bertz CT molecular complexity index is 2120. The number of hydrogen-bond acceptors (Lipinski definition) is 14. The molecule has 25 heteroatoms. The van der Waals surface area contributed by atoms with Crippen molar-refractivity contribution in [2.75, 3.05) is 13.2 Å². The topological polar surface area (TPSA) is 402 Å². The lowest BCUT2D eigenvalue weighted by atomic mass is 9.99. The third-order valence-electron chi connectivity index (χ3n) is 13.0. The summed E-state index contributed by atoms with van der Waals surface area (Å²) in [6, 6.07) is -7.67. The lowest BCUT2D eigenvalue weighted by Crippen LogP contribution is -2.61. The zero-order valence-electron chi connectivity index (χ0n) is 42.3. The number of hydrogen-bond donors (Lipinski definition) is 13. The summed E-state index contributed by atoms with van der Waals surface area (Å²) in [6.07, 6.45) is 1.85. The van der Waals surface area contributed by atoms with Gasteiger partial charge in [-0.25, -0.2) is 0 Å². The first kappa shape index (κ1) is 61.4. The minimum atomic E-state index is -1.85. The molecule has 10 atom stereocenters. The Morgan fingerprint density at radius 1 is 0.676 bits per heavy atom. The molecule has 14 N–H and O–H groups in total. The maximum atomic E-state index is 14.3. The van der Waals surface area contributed by atoms with Gasteiger partial charge in [0.05, 0.1) is 25.6 Å². The molecule has 10 unspecified atom stereocenters. The predicted octanol–water partition coefficient (Wildman–Crippen LogP) is -1.52. The maximum absolute atomic E-state index is 14.3. The molecule has 25 nitrogen and oxygen atoms in total. The SMILES string of the molecule is CCC(C)CCCCCCCCC1CC(=O)NC(CC(=O)O)C(=O)NC(Cc2ccc(O)cc2)C(=O)NC(CC(N)=O)C(=O)N2CCCC2C(=O)NC(CCC(=O)O)C(=O)NC(CO)C(=O)NC(C(C)O)C(=O)N1. The number of carboxylic acids is 2. The van der Waals surface area contributed by atoms with E-state index in [0.29, 0.717) is 24.3 Å². The summed E-state index contributed by atoms with van der Waals surface area (Å²) in [7, 11) is 0. The highest BCUT2D eigenvalue weighted by Gasteiger charge is 2.41. The van der Waals surface area contributed by atoms with Crippen LogP contribution in [0.4, 0.5) is 0 Å². The Hall–Kier alpha value is -6.89. The Morgan fingerprint density at radius 3 is 1.86 bits per heavy atom. The average Bonchev–Trinajstić information content (AvgIpc) is 3.83. The highest BCUT2D eigenvalue weighted by Crippen LogP contribution is 2.21. The number of benzene rings is 1. The number of phenolic OH excluding ortho intramolecular Hbond substituents is 1. The third kappa shape index (κ3) is 20.9. The number of nitrogens with zero attached hydrogens (tertiary/aromatic N) is 1. The number of nitrogens with one attached hydrogen (secondary N) is 7. The molecule has 2 aliphatic heterocycles. The minimum absolute atomic E-state index is 0.0255. The van der Waals surface area contributed by atoms with Crippen LogP contribution < -0.4 is 43.0 Å². The highest BCUT2D eigenvalue weighted by atomic mass is 16.4. The van der Waals surface area contributed by atoms with Gasteiger partial charge in [0.25, 0.3) is 0 Å². The van der Waals surface area contributed by atoms with Gasteiger partial charge in [0.1, 0.15) is 48.0 Å². The number of amides is 9. The number of nitrogens with two attached hydrogens (primary N) is 1. The molecule has 0 bridgehead atoms. The van der Waals surface area contributed by atoms with Crippen molar-refractivity contribution in [2.24, 2.45) is 11.7 Å². The van der Waals surface area contributed by atoms with Gasteiger partial charge in [-0.2, -0.15) is 0 Å². The van der Waals surface area contributed by atoms with Crippen molar-refractivity contribution in [3.63, 3.8) is 0 Å². The van der Waals surface area contributed by atoms with Crippen LogP contribution in [-0.2, 0) is 59.2 Å². The summed E-state index contributed by atoms with van der Waals surface area (Å²) in [5.74, 6) is -12.1. The fourth-order valence-corrected chi connectivity index (χ4v) is 8.63. The van der Waals surface area contributed by atoms with E-state index in [1.165, 1.54) is 24.3 Å². The number of primary amides is 1. The number of carboxylic acid groups (broad SMARTS) is 2. The summed E-state index contributed by atoms with van der Waals surface area (Å²) in [5.41, 5.74) is 5.85. The van der Waals surface area contributed by atoms with E-state index in [1.54, 1.807) is 0 Å². The van der Waals surface area contributed by atoms with Crippen LogP contribution in [0.2, 0.25) is 0 Å². The van der Waals surface area contributed by atoms with E-state index in [9.17, 15) is 78.3 Å². The third-order valence-corrected chi connectivity index (χ3v) is 13.0. The fourth-order valence-electron chi connectivity index (χ4n) is 8.63. The smallest absolute Gasteiger partial charge is 0.305 e. The number of fused-ring (bicyclic) bond motifs is 1. The van der Waals surface area contributed by atoms with Crippen molar-refractivity contribution in [1.29, 1.82) is 0 Å². The summed E-state index contributed by atoms with van der Waals surface area (Å²) in [5, 5.41) is 67.0. The number of carbonyl (C=O) groups excluding carboxylic acids is 9. The molecule has 1 aromatic rings. The van der Waals surface area contributed by atoms with Crippen molar-refractivity contribution < 1.29 is 78.3 Å². The van der Waals surface area contributed by atoms with E-state index in [4.69, 9.17) is 5.73 Å². The highest BCUT2D eigenvalue weighted by molar-refractivity contribution is 5.99. The van der Waals surface area contributed by atoms with Gasteiger partial charge in [-0.05, 0) is 56.2 Å². The molecule has 0 radical (unpaired) electrons. The van der Waals surface area contributed by atoms with E-state index >= 15 is 0 Å². The Kier molecular flexibility index (Phi) is 25.7. The normalized spacial score (nSPS) is 25.0. The zero-order chi connectivity index (χ0) is 55.1. The summed E-state index contributed by atoms with van der Waals surface area (Å²) < 4.78 is 0. The van der Waals surface area contributed by atoms with Gasteiger partial charge in [-0.1, -0.05) is 77.3 Å². The first-order chi connectivity index (χ1) is 35.0. The number of aliphatic hydroxyl groups excluding tert-OH is 2. The number of phenols is 1. The second kappa shape index (κ2) is 31.0. The van der Waals surface area contributed by atoms with Crippen molar-refractivity contribution >= 4 is 65.1 Å². The van der Waals surface area contributed by atoms with Gasteiger partial charge in [0.2, 0.25) is 53.2 Å². The van der Waals surface area contributed by atoms with Crippen LogP contribution in [0.25, 0.3) is 0 Å². The van der Waals surface area contributed by atoms with Crippen LogP contribution in [0.15, 0.2) is 24.3 Å². The monoisotopic (exact) mass is 1050 g/mol. The minimum Gasteiger partial charge on any atom is -0.508 e. The molecule has 2 aliphatic rings. The Labute approximate surface area is 429 Å². The van der Waals surface area contributed by atoms with Crippen LogP contribution in [-0.4, -0.2) is 163 Å². The van der Waals surface area contributed by atoms with Crippen molar-refractivity contribution in [1.82, 2.24) is 42.1 Å². The number of rotatable bonds is 21. The van der Waals surface area contributed by atoms with Gasteiger partial charge in [0.15, 0.2) is 0 Å². The van der Waals surface area contributed by atoms with Crippen molar-refractivity contribution in [3.05, 3.63) is 29.8 Å². The van der Waals surface area contributed by atoms with E-state index in [-0.39, 0.29) is 38.0 Å². The van der Waals surface area contributed by atoms with Crippen LogP contribution in [0.3, 0.4) is 0 Å². The first-order valence-corrected chi connectivity index (χ1v) is 25.2. The quantitative estimate of drug-likeness (QED) is 0.0622. The molecule has 2 heterocycles. The number of aromatic hydroxyl groups is 1. The van der Waals surface area contributed by atoms with Gasteiger partial charge < -0.3 is 73.4 Å². The lowest BCUT2D eigenvalue weighted by Gasteiger charge is -2.30. The molecule has 9 amide bonds. The maximum Gasteiger partial charge on any atom is 0.305 e.